The van der Waals surface area contributed by atoms with Gasteiger partial charge in [0, 0.05) is 11.3 Å². The Morgan fingerprint density at radius 3 is 2.33 bits per heavy atom. The number of aromatic nitrogens is 1. The molecule has 6 heteroatoms. The minimum absolute atomic E-state index is 0.0171. The molecule has 0 saturated carbocycles. The third-order valence-electron chi connectivity index (χ3n) is 3.69. The first-order chi connectivity index (χ1) is 11.4. The van der Waals surface area contributed by atoms with Crippen LogP contribution in [0.3, 0.4) is 0 Å². The van der Waals surface area contributed by atoms with E-state index in [1.54, 1.807) is 13.8 Å². The van der Waals surface area contributed by atoms with Crippen molar-refractivity contribution in [2.45, 2.75) is 27.2 Å². The molecule has 1 N–H and O–H groups in total. The van der Waals surface area contributed by atoms with E-state index in [1.165, 1.54) is 24.3 Å². The number of esters is 1. The quantitative estimate of drug-likeness (QED) is 0.847. The lowest BCUT2D eigenvalue weighted by Crippen LogP contribution is -2.16. The molecule has 2 aromatic rings. The lowest BCUT2D eigenvalue weighted by Gasteiger charge is -2.16. The predicted molar refractivity (Wildman–Crippen MR) is 86.7 cm³/mol. The van der Waals surface area contributed by atoms with E-state index in [4.69, 9.17) is 4.74 Å². The van der Waals surface area contributed by atoms with Gasteiger partial charge in [0.2, 0.25) is 0 Å². The molecule has 0 atom stereocenters. The fourth-order valence-corrected chi connectivity index (χ4v) is 2.58. The van der Waals surface area contributed by atoms with Crippen LogP contribution in [0.1, 0.15) is 46.0 Å². The standard InChI is InChI=1S/C18H18FNO4/c1-4-13-10(3)14(17(21)22)15(11-6-8-12(19)9-7-11)16(20-13)18(23)24-5-2/h6-9H,4-5H2,1-3H3,(H,21,22). The fraction of sp³-hybridized carbons (Fsp3) is 0.278. The molecule has 0 amide bonds. The van der Waals surface area contributed by atoms with Crippen molar-refractivity contribution in [3.8, 4) is 11.1 Å². The fourth-order valence-electron chi connectivity index (χ4n) is 2.58. The number of carboxylic acids is 1. The molecule has 0 aliphatic heterocycles. The van der Waals surface area contributed by atoms with E-state index in [1.807, 2.05) is 6.92 Å². The van der Waals surface area contributed by atoms with Gasteiger partial charge in [0.05, 0.1) is 12.2 Å². The maximum atomic E-state index is 13.2. The van der Waals surface area contributed by atoms with E-state index in [2.05, 4.69) is 4.98 Å². The average molecular weight is 331 g/mol. The lowest BCUT2D eigenvalue weighted by atomic mass is 9.93. The Hall–Kier alpha value is -2.76. The van der Waals surface area contributed by atoms with Crippen LogP contribution in [0.15, 0.2) is 24.3 Å². The minimum atomic E-state index is -1.17. The molecule has 0 aliphatic carbocycles. The second-order valence-electron chi connectivity index (χ2n) is 5.17. The van der Waals surface area contributed by atoms with Crippen LogP contribution in [0.5, 0.6) is 0 Å². The molecule has 0 fully saturated rings. The van der Waals surface area contributed by atoms with E-state index in [0.29, 0.717) is 23.2 Å². The van der Waals surface area contributed by atoms with Gasteiger partial charge in [0.15, 0.2) is 5.69 Å². The van der Waals surface area contributed by atoms with Crippen molar-refractivity contribution in [2.24, 2.45) is 0 Å². The molecule has 0 unspecified atom stereocenters. The molecular formula is C18H18FNO4. The first-order valence-corrected chi connectivity index (χ1v) is 7.60. The highest BCUT2D eigenvalue weighted by Crippen LogP contribution is 2.31. The summed E-state index contributed by atoms with van der Waals surface area (Å²) in [7, 11) is 0. The van der Waals surface area contributed by atoms with Crippen LogP contribution >= 0.6 is 0 Å². The summed E-state index contributed by atoms with van der Waals surface area (Å²) in [5.41, 5.74) is 1.46. The van der Waals surface area contributed by atoms with Gasteiger partial charge in [-0.1, -0.05) is 19.1 Å². The topological polar surface area (TPSA) is 76.5 Å². The van der Waals surface area contributed by atoms with Crippen LogP contribution in [0.25, 0.3) is 11.1 Å². The number of benzene rings is 1. The Labute approximate surface area is 139 Å². The number of hydrogen-bond donors (Lipinski definition) is 1. The Kier molecular flexibility index (Phi) is 5.28. The van der Waals surface area contributed by atoms with Gasteiger partial charge < -0.3 is 9.84 Å². The third-order valence-corrected chi connectivity index (χ3v) is 3.69. The van der Waals surface area contributed by atoms with Gasteiger partial charge >= 0.3 is 11.9 Å². The first kappa shape index (κ1) is 17.6. The molecule has 1 heterocycles. The summed E-state index contributed by atoms with van der Waals surface area (Å²) < 4.78 is 18.2. The van der Waals surface area contributed by atoms with Crippen LogP contribution in [0.4, 0.5) is 4.39 Å². The summed E-state index contributed by atoms with van der Waals surface area (Å²) >= 11 is 0. The number of aromatic carboxylic acids is 1. The monoisotopic (exact) mass is 331 g/mol. The Bertz CT molecular complexity index is 785. The smallest absolute Gasteiger partial charge is 0.357 e. The van der Waals surface area contributed by atoms with Crippen molar-refractivity contribution in [2.75, 3.05) is 6.61 Å². The number of aryl methyl sites for hydroxylation is 1. The summed E-state index contributed by atoms with van der Waals surface area (Å²) in [6.07, 6.45) is 0.474. The summed E-state index contributed by atoms with van der Waals surface area (Å²) in [5, 5.41) is 9.66. The summed E-state index contributed by atoms with van der Waals surface area (Å²) in [6, 6.07) is 5.26. The van der Waals surface area contributed by atoms with Crippen molar-refractivity contribution in [1.82, 2.24) is 4.98 Å². The Morgan fingerprint density at radius 1 is 1.21 bits per heavy atom. The Morgan fingerprint density at radius 2 is 1.83 bits per heavy atom. The Balaban J connectivity index is 2.85. The van der Waals surface area contributed by atoms with Crippen molar-refractivity contribution in [1.29, 1.82) is 0 Å². The second-order valence-corrected chi connectivity index (χ2v) is 5.17. The van der Waals surface area contributed by atoms with Crippen LogP contribution in [-0.2, 0) is 11.2 Å². The van der Waals surface area contributed by atoms with E-state index < -0.39 is 17.8 Å². The first-order valence-electron chi connectivity index (χ1n) is 7.60. The van der Waals surface area contributed by atoms with Crippen LogP contribution < -0.4 is 0 Å². The largest absolute Gasteiger partial charge is 0.478 e. The molecule has 0 radical (unpaired) electrons. The lowest BCUT2D eigenvalue weighted by molar-refractivity contribution is 0.0520. The zero-order valence-corrected chi connectivity index (χ0v) is 13.7. The number of carboxylic acid groups (broad SMARTS) is 1. The molecule has 5 nitrogen and oxygen atoms in total. The molecule has 0 saturated heterocycles. The summed E-state index contributed by atoms with van der Waals surface area (Å²) in [5.74, 6) is -2.33. The number of rotatable bonds is 5. The van der Waals surface area contributed by atoms with Gasteiger partial charge in [-0.25, -0.2) is 19.0 Å². The van der Waals surface area contributed by atoms with Crippen molar-refractivity contribution >= 4 is 11.9 Å². The number of hydrogen-bond acceptors (Lipinski definition) is 4. The van der Waals surface area contributed by atoms with Crippen molar-refractivity contribution in [3.05, 3.63) is 52.6 Å². The van der Waals surface area contributed by atoms with Gasteiger partial charge in [-0.3, -0.25) is 0 Å². The maximum absolute atomic E-state index is 13.2. The van der Waals surface area contributed by atoms with Crippen molar-refractivity contribution in [3.63, 3.8) is 0 Å². The van der Waals surface area contributed by atoms with E-state index in [0.717, 1.165) is 0 Å². The predicted octanol–water partition coefficient (Wildman–Crippen LogP) is 3.63. The van der Waals surface area contributed by atoms with Crippen LogP contribution in [-0.4, -0.2) is 28.6 Å². The number of nitrogens with zero attached hydrogens (tertiary/aromatic N) is 1. The van der Waals surface area contributed by atoms with E-state index >= 15 is 0 Å². The minimum Gasteiger partial charge on any atom is -0.478 e. The maximum Gasteiger partial charge on any atom is 0.357 e. The van der Waals surface area contributed by atoms with E-state index in [-0.39, 0.29) is 23.4 Å². The van der Waals surface area contributed by atoms with E-state index in [9.17, 15) is 19.1 Å². The van der Waals surface area contributed by atoms with Crippen molar-refractivity contribution < 1.29 is 23.8 Å². The molecular weight excluding hydrogens is 313 g/mol. The number of carbonyl (C=O) groups is 2. The van der Waals surface area contributed by atoms with Gasteiger partial charge in [0.25, 0.3) is 0 Å². The van der Waals surface area contributed by atoms with Gasteiger partial charge in [0.1, 0.15) is 5.82 Å². The van der Waals surface area contributed by atoms with Gasteiger partial charge in [-0.05, 0) is 43.5 Å². The highest BCUT2D eigenvalue weighted by Gasteiger charge is 2.26. The summed E-state index contributed by atoms with van der Waals surface area (Å²) in [4.78, 5) is 28.5. The zero-order valence-electron chi connectivity index (χ0n) is 13.7. The number of ether oxygens (including phenoxy) is 1. The van der Waals surface area contributed by atoms with Crippen LogP contribution in [0.2, 0.25) is 0 Å². The molecule has 1 aromatic heterocycles. The molecule has 126 valence electrons. The molecule has 24 heavy (non-hydrogen) atoms. The second kappa shape index (κ2) is 7.21. The van der Waals surface area contributed by atoms with Crippen LogP contribution in [0, 0.1) is 12.7 Å². The number of halogens is 1. The molecule has 0 bridgehead atoms. The highest BCUT2D eigenvalue weighted by molar-refractivity contribution is 6.05. The normalized spacial score (nSPS) is 10.5. The number of carbonyl (C=O) groups excluding carboxylic acids is 1. The molecule has 2 rings (SSSR count). The highest BCUT2D eigenvalue weighted by atomic mass is 19.1. The zero-order chi connectivity index (χ0) is 17.9. The summed E-state index contributed by atoms with van der Waals surface area (Å²) in [6.45, 7) is 5.27. The van der Waals surface area contributed by atoms with Gasteiger partial charge in [-0.2, -0.15) is 0 Å². The van der Waals surface area contributed by atoms with Gasteiger partial charge in [-0.15, -0.1) is 0 Å². The third kappa shape index (κ3) is 3.27. The molecule has 0 spiro atoms. The SMILES string of the molecule is CCOC(=O)c1nc(CC)c(C)c(C(=O)O)c1-c1ccc(F)cc1. The number of pyridine rings is 1. The molecule has 1 aromatic carbocycles. The average Bonchev–Trinajstić information content (AvgIpc) is 2.55. The molecule has 0 aliphatic rings.